The van der Waals surface area contributed by atoms with Gasteiger partial charge in [0.2, 0.25) is 0 Å². The zero-order valence-corrected chi connectivity index (χ0v) is 11.2. The molecule has 16 heavy (non-hydrogen) atoms. The summed E-state index contributed by atoms with van der Waals surface area (Å²) in [5.74, 6) is 0. The van der Waals surface area contributed by atoms with E-state index in [1.807, 2.05) is 23.6 Å². The lowest BCUT2D eigenvalue weighted by atomic mass is 10.1. The van der Waals surface area contributed by atoms with Crippen molar-refractivity contribution in [3.63, 3.8) is 0 Å². The second-order valence-corrected chi connectivity index (χ2v) is 4.73. The highest BCUT2D eigenvalue weighted by molar-refractivity contribution is 7.10. The van der Waals surface area contributed by atoms with Crippen LogP contribution in [0.25, 0.3) is 0 Å². The predicted molar refractivity (Wildman–Crippen MR) is 71.9 cm³/mol. The van der Waals surface area contributed by atoms with Gasteiger partial charge in [-0.25, -0.2) is 4.98 Å². The molecule has 0 saturated carbocycles. The molecule has 0 aromatic carbocycles. The molecule has 2 N–H and O–H groups in total. The van der Waals surface area contributed by atoms with Gasteiger partial charge in [0.05, 0.1) is 6.04 Å². The zero-order valence-electron chi connectivity index (χ0n) is 8.06. The van der Waals surface area contributed by atoms with Crippen LogP contribution in [0.3, 0.4) is 0 Å². The van der Waals surface area contributed by atoms with Crippen molar-refractivity contribution in [2.45, 2.75) is 6.04 Å². The fraction of sp³-hybridized carbons (Fsp3) is 0.100. The summed E-state index contributed by atoms with van der Waals surface area (Å²) in [6.07, 6.45) is 0. The monoisotopic (exact) mass is 294 g/mol. The molecule has 1 atom stereocenters. The van der Waals surface area contributed by atoms with Gasteiger partial charge in [-0.3, -0.25) is 0 Å². The average molecular weight is 296 g/mol. The van der Waals surface area contributed by atoms with Crippen LogP contribution in [0.15, 0.2) is 29.6 Å². The van der Waals surface area contributed by atoms with E-state index in [0.717, 1.165) is 10.4 Å². The Kier molecular flexibility index (Phi) is 5.02. The number of thiophene rings is 1. The molecule has 86 valence electrons. The smallest absolute Gasteiger partial charge is 0.135 e. The first-order valence-electron chi connectivity index (χ1n) is 4.29. The summed E-state index contributed by atoms with van der Waals surface area (Å²) in [5, 5.41) is 2.72. The van der Waals surface area contributed by atoms with Crippen LogP contribution < -0.4 is 5.73 Å². The topological polar surface area (TPSA) is 38.9 Å². The molecular formula is C10H9Cl3N2S. The minimum absolute atomic E-state index is 0. The van der Waals surface area contributed by atoms with Gasteiger partial charge in [-0.2, -0.15) is 0 Å². The Bertz CT molecular complexity index is 459. The molecule has 2 rings (SSSR count). The van der Waals surface area contributed by atoms with E-state index in [-0.39, 0.29) is 18.4 Å². The second-order valence-electron chi connectivity index (χ2n) is 3.01. The molecular weight excluding hydrogens is 287 g/mol. The number of hydrogen-bond acceptors (Lipinski definition) is 3. The Morgan fingerprint density at radius 1 is 1.25 bits per heavy atom. The molecule has 0 radical (unpaired) electrons. The van der Waals surface area contributed by atoms with Gasteiger partial charge in [-0.15, -0.1) is 23.7 Å². The minimum atomic E-state index is -0.234. The summed E-state index contributed by atoms with van der Waals surface area (Å²) in [5.41, 5.74) is 6.85. The number of halogens is 3. The van der Waals surface area contributed by atoms with Crippen molar-refractivity contribution in [3.8, 4) is 0 Å². The third-order valence-electron chi connectivity index (χ3n) is 2.03. The van der Waals surface area contributed by atoms with Gasteiger partial charge in [0.1, 0.15) is 10.3 Å². The van der Waals surface area contributed by atoms with E-state index < -0.39 is 0 Å². The first-order valence-corrected chi connectivity index (χ1v) is 5.93. The number of rotatable bonds is 2. The minimum Gasteiger partial charge on any atom is -0.320 e. The largest absolute Gasteiger partial charge is 0.320 e. The Morgan fingerprint density at radius 2 is 2.00 bits per heavy atom. The van der Waals surface area contributed by atoms with Crippen LogP contribution in [0, 0.1) is 0 Å². The van der Waals surface area contributed by atoms with Crippen LogP contribution in [0.1, 0.15) is 16.5 Å². The highest BCUT2D eigenvalue weighted by Gasteiger charge is 2.14. The lowest BCUT2D eigenvalue weighted by Gasteiger charge is -2.11. The summed E-state index contributed by atoms with van der Waals surface area (Å²) in [6, 6.07) is 7.19. The molecule has 0 fully saturated rings. The highest BCUT2D eigenvalue weighted by atomic mass is 35.5. The average Bonchev–Trinajstić information content (AvgIpc) is 2.69. The molecule has 0 aliphatic rings. The maximum absolute atomic E-state index is 6.05. The standard InChI is InChI=1S/C10H8Cl2N2S.ClH/c11-8-4-3-6(10(12)14-8)9(13)7-2-1-5-15-7;/h1-5,9H,13H2;1H/t9-;/m1./s1. The molecule has 2 heterocycles. The van der Waals surface area contributed by atoms with Gasteiger partial charge in [0, 0.05) is 10.4 Å². The Hall–Kier alpha value is -0.320. The van der Waals surface area contributed by atoms with Crippen molar-refractivity contribution in [3.05, 3.63) is 50.4 Å². The van der Waals surface area contributed by atoms with Gasteiger partial charge >= 0.3 is 0 Å². The van der Waals surface area contributed by atoms with Crippen molar-refractivity contribution >= 4 is 46.9 Å². The van der Waals surface area contributed by atoms with E-state index in [9.17, 15) is 0 Å². The predicted octanol–water partition coefficient (Wildman–Crippen LogP) is 3.92. The molecule has 0 aliphatic heterocycles. The van der Waals surface area contributed by atoms with Gasteiger partial charge in [0.25, 0.3) is 0 Å². The van der Waals surface area contributed by atoms with Crippen LogP contribution in [0.5, 0.6) is 0 Å². The molecule has 6 heteroatoms. The van der Waals surface area contributed by atoms with E-state index in [1.165, 1.54) is 0 Å². The molecule has 2 aromatic rings. The van der Waals surface area contributed by atoms with E-state index >= 15 is 0 Å². The Labute approximate surface area is 114 Å². The molecule has 0 unspecified atom stereocenters. The van der Waals surface area contributed by atoms with Crippen LogP contribution in [-0.2, 0) is 0 Å². The van der Waals surface area contributed by atoms with E-state index in [1.54, 1.807) is 17.4 Å². The summed E-state index contributed by atoms with van der Waals surface area (Å²) in [4.78, 5) is 5.02. The van der Waals surface area contributed by atoms with Crippen LogP contribution in [-0.4, -0.2) is 4.98 Å². The van der Waals surface area contributed by atoms with Gasteiger partial charge in [0.15, 0.2) is 0 Å². The molecule has 0 spiro atoms. The Balaban J connectivity index is 0.00000128. The van der Waals surface area contributed by atoms with Gasteiger partial charge in [-0.1, -0.05) is 35.3 Å². The third-order valence-corrected chi connectivity index (χ3v) is 3.50. The maximum Gasteiger partial charge on any atom is 0.135 e. The van der Waals surface area contributed by atoms with Crippen LogP contribution in [0.2, 0.25) is 10.3 Å². The SMILES string of the molecule is Cl.N[C@@H](c1cccs1)c1ccc(Cl)nc1Cl. The first-order chi connectivity index (χ1) is 7.18. The molecule has 0 bridgehead atoms. The molecule has 2 nitrogen and oxygen atoms in total. The lowest BCUT2D eigenvalue weighted by molar-refractivity contribution is 0.884. The number of nitrogens with two attached hydrogens (primary N) is 1. The number of pyridine rings is 1. The van der Waals surface area contributed by atoms with Crippen molar-refractivity contribution in [1.82, 2.24) is 4.98 Å². The fourth-order valence-corrected chi connectivity index (χ4v) is 2.48. The maximum atomic E-state index is 6.05. The van der Waals surface area contributed by atoms with Gasteiger partial charge in [-0.05, 0) is 17.5 Å². The van der Waals surface area contributed by atoms with E-state index in [2.05, 4.69) is 4.98 Å². The Morgan fingerprint density at radius 3 is 2.56 bits per heavy atom. The summed E-state index contributed by atoms with van der Waals surface area (Å²) >= 11 is 13.3. The van der Waals surface area contributed by atoms with Crippen molar-refractivity contribution in [1.29, 1.82) is 0 Å². The van der Waals surface area contributed by atoms with Crippen LogP contribution in [0.4, 0.5) is 0 Å². The second kappa shape index (κ2) is 5.84. The molecule has 0 aliphatic carbocycles. The summed E-state index contributed by atoms with van der Waals surface area (Å²) in [7, 11) is 0. The number of hydrogen-bond donors (Lipinski definition) is 1. The molecule has 0 saturated heterocycles. The van der Waals surface area contributed by atoms with Crippen LogP contribution >= 0.6 is 46.9 Å². The molecule has 2 aromatic heterocycles. The van der Waals surface area contributed by atoms with E-state index in [0.29, 0.717) is 10.3 Å². The number of aromatic nitrogens is 1. The van der Waals surface area contributed by atoms with Gasteiger partial charge < -0.3 is 5.73 Å². The number of nitrogens with zero attached hydrogens (tertiary/aromatic N) is 1. The summed E-state index contributed by atoms with van der Waals surface area (Å²) < 4.78 is 0. The summed E-state index contributed by atoms with van der Waals surface area (Å²) in [6.45, 7) is 0. The third kappa shape index (κ3) is 2.87. The lowest BCUT2D eigenvalue weighted by Crippen LogP contribution is -2.11. The van der Waals surface area contributed by atoms with Crippen molar-refractivity contribution < 1.29 is 0 Å². The first kappa shape index (κ1) is 13.7. The normalized spacial score (nSPS) is 11.9. The quantitative estimate of drug-likeness (QED) is 0.853. The van der Waals surface area contributed by atoms with E-state index in [4.69, 9.17) is 28.9 Å². The zero-order chi connectivity index (χ0) is 10.8. The van der Waals surface area contributed by atoms with Crippen molar-refractivity contribution in [2.75, 3.05) is 0 Å². The van der Waals surface area contributed by atoms with Crippen molar-refractivity contribution in [2.24, 2.45) is 5.73 Å². The highest BCUT2D eigenvalue weighted by Crippen LogP contribution is 2.28. The molecule has 0 amide bonds. The fourth-order valence-electron chi connectivity index (χ4n) is 1.28.